The van der Waals surface area contributed by atoms with Crippen LogP contribution in [0.2, 0.25) is 0 Å². The van der Waals surface area contributed by atoms with E-state index in [0.29, 0.717) is 35.2 Å². The van der Waals surface area contributed by atoms with E-state index < -0.39 is 0 Å². The highest BCUT2D eigenvalue weighted by molar-refractivity contribution is 5.94. The lowest BCUT2D eigenvalue weighted by atomic mass is 10.1. The second-order valence-corrected chi connectivity index (χ2v) is 7.46. The van der Waals surface area contributed by atoms with Crippen LogP contribution in [0, 0.1) is 13.8 Å². The third kappa shape index (κ3) is 3.66. The maximum Gasteiger partial charge on any atom is 0.270 e. The van der Waals surface area contributed by atoms with Gasteiger partial charge in [0.1, 0.15) is 11.4 Å². The van der Waals surface area contributed by atoms with Crippen LogP contribution in [0.3, 0.4) is 0 Å². The number of ether oxygens (including phenoxy) is 2. The molecule has 1 aliphatic heterocycles. The second kappa shape index (κ2) is 7.68. The van der Waals surface area contributed by atoms with Crippen LogP contribution in [0.4, 0.5) is 0 Å². The molecule has 0 saturated carbocycles. The fourth-order valence-electron chi connectivity index (χ4n) is 3.64. The van der Waals surface area contributed by atoms with Gasteiger partial charge in [-0.25, -0.2) is 4.68 Å². The van der Waals surface area contributed by atoms with Crippen molar-refractivity contribution in [3.63, 3.8) is 0 Å². The van der Waals surface area contributed by atoms with Gasteiger partial charge in [-0.15, -0.1) is 0 Å². The van der Waals surface area contributed by atoms with Crippen LogP contribution in [0.5, 0.6) is 11.5 Å². The van der Waals surface area contributed by atoms with Crippen molar-refractivity contribution in [1.82, 2.24) is 15.1 Å². The number of fused-ring (bicyclic) bond motifs is 1. The number of aryl methyl sites for hydroxylation is 2. The molecular weight excluding hydrogens is 394 g/mol. The van der Waals surface area contributed by atoms with Gasteiger partial charge in [0.25, 0.3) is 5.91 Å². The lowest BCUT2D eigenvalue weighted by molar-refractivity contribution is 0.0943. The number of aromatic nitrogens is 2. The third-order valence-corrected chi connectivity index (χ3v) is 5.19. The number of carbonyl (C=O) groups is 1. The molecule has 1 aliphatic rings. The first-order valence-corrected chi connectivity index (χ1v) is 9.97. The predicted octanol–water partition coefficient (Wildman–Crippen LogP) is 4.41. The summed E-state index contributed by atoms with van der Waals surface area (Å²) in [6, 6.07) is 17.0. The number of benzene rings is 2. The molecule has 0 unspecified atom stereocenters. The van der Waals surface area contributed by atoms with E-state index >= 15 is 0 Å². The van der Waals surface area contributed by atoms with Crippen molar-refractivity contribution < 1.29 is 18.7 Å². The Kier molecular flexibility index (Phi) is 4.71. The average Bonchev–Trinajstić information content (AvgIpc) is 3.51. The molecule has 3 heterocycles. The zero-order valence-electron chi connectivity index (χ0n) is 17.2. The van der Waals surface area contributed by atoms with Crippen molar-refractivity contribution in [2.24, 2.45) is 0 Å². The minimum absolute atomic E-state index is 0.218. The van der Waals surface area contributed by atoms with Crippen LogP contribution >= 0.6 is 0 Å². The number of rotatable bonds is 5. The molecule has 0 bridgehead atoms. The van der Waals surface area contributed by atoms with Gasteiger partial charge in [0.2, 0.25) is 6.79 Å². The maximum atomic E-state index is 13.1. The molecule has 4 aromatic rings. The Hall–Kier alpha value is -4.00. The number of hydrogen-bond acceptors (Lipinski definition) is 5. The van der Waals surface area contributed by atoms with Gasteiger partial charge in [0, 0.05) is 12.6 Å². The van der Waals surface area contributed by atoms with Gasteiger partial charge in [0.15, 0.2) is 17.3 Å². The summed E-state index contributed by atoms with van der Waals surface area (Å²) in [6.07, 6.45) is 1.59. The highest BCUT2D eigenvalue weighted by Crippen LogP contribution is 2.32. The Morgan fingerprint density at radius 2 is 1.94 bits per heavy atom. The number of hydrogen-bond donors (Lipinski definition) is 1. The van der Waals surface area contributed by atoms with E-state index in [-0.39, 0.29) is 12.7 Å². The van der Waals surface area contributed by atoms with Crippen LogP contribution in [-0.4, -0.2) is 22.5 Å². The Bertz CT molecular complexity index is 1260. The van der Waals surface area contributed by atoms with Gasteiger partial charge < -0.3 is 19.2 Å². The summed E-state index contributed by atoms with van der Waals surface area (Å²) in [5.74, 6) is 1.77. The lowest BCUT2D eigenvalue weighted by Crippen LogP contribution is -2.25. The number of furan rings is 1. The topological polar surface area (TPSA) is 78.5 Å². The minimum Gasteiger partial charge on any atom is -0.463 e. The van der Waals surface area contributed by atoms with E-state index in [0.717, 1.165) is 22.4 Å². The summed E-state index contributed by atoms with van der Waals surface area (Å²) in [5, 5.41) is 7.64. The van der Waals surface area contributed by atoms with Gasteiger partial charge in [-0.05, 0) is 55.3 Å². The summed E-state index contributed by atoms with van der Waals surface area (Å²) >= 11 is 0. The Morgan fingerprint density at radius 1 is 1.06 bits per heavy atom. The third-order valence-electron chi connectivity index (χ3n) is 5.19. The molecule has 2 aromatic carbocycles. The van der Waals surface area contributed by atoms with Gasteiger partial charge in [-0.2, -0.15) is 5.10 Å². The quantitative estimate of drug-likeness (QED) is 0.522. The molecule has 5 rings (SSSR count). The summed E-state index contributed by atoms with van der Waals surface area (Å²) < 4.78 is 17.9. The van der Waals surface area contributed by atoms with Crippen molar-refractivity contribution in [1.29, 1.82) is 0 Å². The standard InChI is InChI=1S/C24H21N3O4/c1-15-5-7-19(16(2)10-15)27-20(12-18(26-27)21-4-3-9-29-21)24(28)25-13-17-6-8-22-23(11-17)31-14-30-22/h3-12H,13-14H2,1-2H3,(H,25,28). The van der Waals surface area contributed by atoms with E-state index in [1.165, 1.54) is 0 Å². The van der Waals surface area contributed by atoms with Crippen molar-refractivity contribution in [2.45, 2.75) is 20.4 Å². The first-order chi connectivity index (χ1) is 15.1. The molecule has 0 fully saturated rings. The Balaban J connectivity index is 1.46. The minimum atomic E-state index is -0.233. The Labute approximate surface area is 179 Å². The molecule has 0 spiro atoms. The molecule has 1 N–H and O–H groups in total. The highest BCUT2D eigenvalue weighted by atomic mass is 16.7. The summed E-state index contributed by atoms with van der Waals surface area (Å²) in [5.41, 5.74) is 4.96. The monoisotopic (exact) mass is 415 g/mol. The molecule has 156 valence electrons. The van der Waals surface area contributed by atoms with E-state index in [1.807, 2.05) is 50.2 Å². The van der Waals surface area contributed by atoms with Gasteiger partial charge >= 0.3 is 0 Å². The molecule has 7 nitrogen and oxygen atoms in total. The van der Waals surface area contributed by atoms with Crippen molar-refractivity contribution >= 4 is 5.91 Å². The van der Waals surface area contributed by atoms with E-state index in [1.54, 1.807) is 23.1 Å². The summed E-state index contributed by atoms with van der Waals surface area (Å²) in [7, 11) is 0. The largest absolute Gasteiger partial charge is 0.463 e. The normalized spacial score (nSPS) is 12.2. The van der Waals surface area contributed by atoms with Crippen LogP contribution < -0.4 is 14.8 Å². The maximum absolute atomic E-state index is 13.1. The smallest absolute Gasteiger partial charge is 0.270 e. The number of nitrogens with zero attached hydrogens (tertiary/aromatic N) is 2. The zero-order valence-corrected chi connectivity index (χ0v) is 17.2. The van der Waals surface area contributed by atoms with E-state index in [9.17, 15) is 4.79 Å². The fraction of sp³-hybridized carbons (Fsp3) is 0.167. The predicted molar refractivity (Wildman–Crippen MR) is 114 cm³/mol. The van der Waals surface area contributed by atoms with Crippen LogP contribution in [0.1, 0.15) is 27.2 Å². The van der Waals surface area contributed by atoms with E-state index in [2.05, 4.69) is 16.5 Å². The van der Waals surface area contributed by atoms with E-state index in [4.69, 9.17) is 13.9 Å². The van der Waals surface area contributed by atoms with Crippen LogP contribution in [0.25, 0.3) is 17.1 Å². The second-order valence-electron chi connectivity index (χ2n) is 7.46. The molecule has 31 heavy (non-hydrogen) atoms. The molecule has 2 aromatic heterocycles. The van der Waals surface area contributed by atoms with Crippen molar-refractivity contribution in [3.05, 3.63) is 83.2 Å². The molecule has 0 saturated heterocycles. The summed E-state index contributed by atoms with van der Waals surface area (Å²) in [4.78, 5) is 13.1. The first-order valence-electron chi connectivity index (χ1n) is 9.97. The zero-order chi connectivity index (χ0) is 21.4. The molecule has 1 amide bonds. The first kappa shape index (κ1) is 19.0. The average molecular weight is 415 g/mol. The van der Waals surface area contributed by atoms with Crippen molar-refractivity contribution in [2.75, 3.05) is 6.79 Å². The molecule has 0 radical (unpaired) electrons. The molecule has 0 atom stereocenters. The van der Waals surface area contributed by atoms with Gasteiger partial charge in [-0.3, -0.25) is 4.79 Å². The fourth-order valence-corrected chi connectivity index (χ4v) is 3.64. The molecular formula is C24H21N3O4. The number of amides is 1. The Morgan fingerprint density at radius 3 is 2.74 bits per heavy atom. The van der Waals surface area contributed by atoms with Crippen LogP contribution in [-0.2, 0) is 6.54 Å². The molecule has 7 heteroatoms. The number of nitrogens with one attached hydrogen (secondary N) is 1. The SMILES string of the molecule is Cc1ccc(-n2nc(-c3ccco3)cc2C(=O)NCc2ccc3c(c2)OCO3)c(C)c1. The van der Waals surface area contributed by atoms with Gasteiger partial charge in [0.05, 0.1) is 12.0 Å². The highest BCUT2D eigenvalue weighted by Gasteiger charge is 2.20. The molecule has 0 aliphatic carbocycles. The van der Waals surface area contributed by atoms with Crippen molar-refractivity contribution in [3.8, 4) is 28.6 Å². The summed E-state index contributed by atoms with van der Waals surface area (Å²) in [6.45, 7) is 4.61. The van der Waals surface area contributed by atoms with Gasteiger partial charge in [-0.1, -0.05) is 23.8 Å². The van der Waals surface area contributed by atoms with Crippen LogP contribution in [0.15, 0.2) is 65.3 Å². The number of carbonyl (C=O) groups excluding carboxylic acids is 1. The lowest BCUT2D eigenvalue weighted by Gasteiger charge is -2.11.